The molecule has 0 heterocycles. The number of phenolic OH excluding ortho intramolecular Hbond substituents is 1. The van der Waals surface area contributed by atoms with Crippen LogP contribution in [0.1, 0.15) is 16.7 Å². The molecule has 0 aliphatic heterocycles. The van der Waals surface area contributed by atoms with Crippen LogP contribution in [0.15, 0.2) is 12.1 Å². The molecule has 0 fully saturated rings. The van der Waals surface area contributed by atoms with E-state index in [2.05, 4.69) is 0 Å². The monoisotopic (exact) mass is 598 g/mol. The zero-order chi connectivity index (χ0) is 30.2. The minimum Gasteiger partial charge on any atom is -0.507 e. The highest BCUT2D eigenvalue weighted by atomic mass is 19.4. The van der Waals surface area contributed by atoms with Crippen LogP contribution in [0, 0.1) is 0 Å². The normalized spacial score (nSPS) is 15.8. The molecule has 1 aromatic rings. The highest BCUT2D eigenvalue weighted by molar-refractivity contribution is 5.51. The lowest BCUT2D eigenvalue weighted by Crippen LogP contribution is -2.52. The molecule has 0 saturated carbocycles. The number of rotatable bonds is 6. The number of hydrogen-bond donors (Lipinski definition) is 1. The molecule has 0 aromatic heterocycles. The minimum absolute atomic E-state index is 1.96. The molecule has 37 heavy (non-hydrogen) atoms. The van der Waals surface area contributed by atoms with E-state index < -0.39 is 88.6 Å². The van der Waals surface area contributed by atoms with Crippen molar-refractivity contribution in [2.45, 2.75) is 54.1 Å². The second-order valence-corrected chi connectivity index (χ2v) is 6.86. The molecule has 0 atom stereocenters. The second kappa shape index (κ2) is 8.27. The average molecular weight is 598 g/mol. The van der Waals surface area contributed by atoms with Crippen LogP contribution in [0.5, 0.6) is 5.75 Å². The van der Waals surface area contributed by atoms with Crippen LogP contribution in [-0.2, 0) is 17.8 Å². The number of alkyl halides is 21. The third-order valence-electron chi connectivity index (χ3n) is 4.40. The smallest absolute Gasteiger partial charge is 0.460 e. The quantitative estimate of drug-likeness (QED) is 0.327. The van der Waals surface area contributed by atoms with Gasteiger partial charge in [0.1, 0.15) is 5.75 Å². The maximum absolute atomic E-state index is 13.9. The SMILES string of the molecule is Oc1c(C(F)(F)C(F)(F)C(F)(F)F)cc(C(F)(F)C(F)(F)C(F)(F)F)cc1C(F)(F)C(F)(F)C(F)(F)F. The molecule has 1 aromatic carbocycles. The van der Waals surface area contributed by atoms with E-state index in [1.165, 1.54) is 0 Å². The molecule has 0 amide bonds. The fourth-order valence-corrected chi connectivity index (χ4v) is 2.35. The summed E-state index contributed by atoms with van der Waals surface area (Å²) in [5.41, 5.74) is -12.0. The maximum atomic E-state index is 13.9. The number of phenols is 1. The number of benzene rings is 1. The summed E-state index contributed by atoms with van der Waals surface area (Å²) >= 11 is 0. The Morgan fingerprint density at radius 3 is 0.811 bits per heavy atom. The molecule has 0 spiro atoms. The molecule has 1 nitrogen and oxygen atoms in total. The minimum atomic E-state index is -7.71. The summed E-state index contributed by atoms with van der Waals surface area (Å²) in [6.07, 6.45) is -22.6. The van der Waals surface area contributed by atoms with Gasteiger partial charge in [-0.15, -0.1) is 0 Å². The molecule has 0 unspecified atom stereocenters. The van der Waals surface area contributed by atoms with Crippen LogP contribution in [0.2, 0.25) is 0 Å². The van der Waals surface area contributed by atoms with Crippen molar-refractivity contribution in [2.75, 3.05) is 0 Å². The van der Waals surface area contributed by atoms with Crippen molar-refractivity contribution in [3.63, 3.8) is 0 Å². The standard InChI is InChI=1S/C15H3F21O/c16-7(17,10(22,23)13(28,29)30)3-1-4(8(18,19)11(24,25)14(31,32)33)6(37)5(2-3)9(20,21)12(26,27)15(34,35)36/h1-2,37H. The summed E-state index contributed by atoms with van der Waals surface area (Å²) in [6.45, 7) is 0. The first kappa shape index (κ1) is 32.6. The lowest BCUT2D eigenvalue weighted by atomic mass is 9.88. The number of halogens is 21. The summed E-state index contributed by atoms with van der Waals surface area (Å²) in [5, 5.41) is 9.26. The fraction of sp³-hybridized carbons (Fsp3) is 0.600. The average Bonchev–Trinajstić information content (AvgIpc) is 2.64. The highest BCUT2D eigenvalue weighted by Crippen LogP contribution is 2.60. The van der Waals surface area contributed by atoms with E-state index in [1.807, 2.05) is 0 Å². The van der Waals surface area contributed by atoms with E-state index in [1.54, 1.807) is 0 Å². The van der Waals surface area contributed by atoms with Crippen LogP contribution in [0.25, 0.3) is 0 Å². The van der Waals surface area contributed by atoms with E-state index in [0.29, 0.717) is 0 Å². The van der Waals surface area contributed by atoms with Gasteiger partial charge in [0.05, 0.1) is 11.1 Å². The molecule has 0 saturated heterocycles. The van der Waals surface area contributed by atoms with Gasteiger partial charge in [-0.25, -0.2) is 0 Å². The van der Waals surface area contributed by atoms with Crippen molar-refractivity contribution in [2.24, 2.45) is 0 Å². The predicted octanol–water partition coefficient (Wildman–Crippen LogP) is 8.26. The Morgan fingerprint density at radius 2 is 0.595 bits per heavy atom. The van der Waals surface area contributed by atoms with Crippen LogP contribution in [0.3, 0.4) is 0 Å². The van der Waals surface area contributed by atoms with Crippen LogP contribution < -0.4 is 0 Å². The van der Waals surface area contributed by atoms with Gasteiger partial charge in [0.2, 0.25) is 0 Å². The summed E-state index contributed by atoms with van der Waals surface area (Å²) in [5.74, 6) is -49.1. The molecule has 1 rings (SSSR count). The van der Waals surface area contributed by atoms with Gasteiger partial charge in [0.25, 0.3) is 0 Å². The van der Waals surface area contributed by atoms with E-state index in [4.69, 9.17) is 0 Å². The summed E-state index contributed by atoms with van der Waals surface area (Å²) < 4.78 is 274. The van der Waals surface area contributed by atoms with E-state index in [0.717, 1.165) is 0 Å². The van der Waals surface area contributed by atoms with Crippen molar-refractivity contribution in [1.29, 1.82) is 0 Å². The molecular formula is C15H3F21O. The van der Waals surface area contributed by atoms with Gasteiger partial charge in [0, 0.05) is 5.56 Å². The molecule has 216 valence electrons. The first-order valence-corrected chi connectivity index (χ1v) is 8.10. The Morgan fingerprint density at radius 1 is 0.378 bits per heavy atom. The first-order valence-electron chi connectivity index (χ1n) is 8.10. The summed E-state index contributed by atoms with van der Waals surface area (Å²) in [7, 11) is 0. The third kappa shape index (κ3) is 4.56. The molecule has 22 heteroatoms. The van der Waals surface area contributed by atoms with Crippen molar-refractivity contribution in [3.05, 3.63) is 28.8 Å². The highest BCUT2D eigenvalue weighted by Gasteiger charge is 2.78. The Balaban J connectivity index is 4.35. The first-order chi connectivity index (χ1) is 15.7. The van der Waals surface area contributed by atoms with Gasteiger partial charge in [-0.1, -0.05) is 0 Å². The Hall–Kier alpha value is -2.45. The van der Waals surface area contributed by atoms with Crippen LogP contribution >= 0.6 is 0 Å². The van der Waals surface area contributed by atoms with E-state index in [9.17, 15) is 97.3 Å². The molecule has 0 bridgehead atoms. The van der Waals surface area contributed by atoms with Crippen molar-refractivity contribution >= 4 is 0 Å². The molecular weight excluding hydrogens is 595 g/mol. The zero-order valence-corrected chi connectivity index (χ0v) is 16.0. The van der Waals surface area contributed by atoms with Crippen molar-refractivity contribution in [1.82, 2.24) is 0 Å². The zero-order valence-electron chi connectivity index (χ0n) is 16.0. The van der Waals surface area contributed by atoms with Gasteiger partial charge in [-0.05, 0) is 12.1 Å². The Kier molecular flexibility index (Phi) is 7.28. The van der Waals surface area contributed by atoms with Gasteiger partial charge in [0.15, 0.2) is 0 Å². The topological polar surface area (TPSA) is 20.2 Å². The largest absolute Gasteiger partial charge is 0.507 e. The summed E-state index contributed by atoms with van der Waals surface area (Å²) in [6, 6.07) is -3.92. The van der Waals surface area contributed by atoms with E-state index >= 15 is 0 Å². The molecule has 0 radical (unpaired) electrons. The number of hydrogen-bond acceptors (Lipinski definition) is 1. The van der Waals surface area contributed by atoms with Crippen molar-refractivity contribution in [3.8, 4) is 5.75 Å². The molecule has 0 aliphatic carbocycles. The van der Waals surface area contributed by atoms with Gasteiger partial charge < -0.3 is 5.11 Å². The molecule has 1 N–H and O–H groups in total. The predicted molar refractivity (Wildman–Crippen MR) is 72.8 cm³/mol. The lowest BCUT2D eigenvalue weighted by molar-refractivity contribution is -0.363. The second-order valence-electron chi connectivity index (χ2n) is 6.86. The Labute approximate surface area is 187 Å². The van der Waals surface area contributed by atoms with Crippen molar-refractivity contribution < 1.29 is 97.3 Å². The maximum Gasteiger partial charge on any atom is 0.460 e. The third-order valence-corrected chi connectivity index (χ3v) is 4.40. The van der Waals surface area contributed by atoms with Gasteiger partial charge >= 0.3 is 54.1 Å². The fourth-order valence-electron chi connectivity index (χ4n) is 2.35. The lowest BCUT2D eigenvalue weighted by Gasteiger charge is -2.34. The number of aromatic hydroxyl groups is 1. The van der Waals surface area contributed by atoms with Crippen LogP contribution in [0.4, 0.5) is 92.2 Å². The molecule has 0 aliphatic rings. The van der Waals surface area contributed by atoms with E-state index in [-0.39, 0.29) is 0 Å². The Bertz CT molecular complexity index is 949. The van der Waals surface area contributed by atoms with Crippen LogP contribution in [-0.4, -0.2) is 41.4 Å². The van der Waals surface area contributed by atoms with Gasteiger partial charge in [-0.2, -0.15) is 92.2 Å². The summed E-state index contributed by atoms with van der Waals surface area (Å²) in [4.78, 5) is 0. The van der Waals surface area contributed by atoms with Gasteiger partial charge in [-0.3, -0.25) is 0 Å².